The molecule has 10 nitrogen and oxygen atoms in total. The minimum atomic E-state index is -3.94. The molecule has 0 spiro atoms. The van der Waals surface area contributed by atoms with Crippen molar-refractivity contribution in [3.63, 3.8) is 0 Å². The third kappa shape index (κ3) is 5.66. The van der Waals surface area contributed by atoms with Gasteiger partial charge in [0.25, 0.3) is 0 Å². The number of carbonyl (C=O) groups excluding carboxylic acids is 2. The fourth-order valence-corrected chi connectivity index (χ4v) is 5.31. The Labute approximate surface area is 198 Å². The van der Waals surface area contributed by atoms with E-state index in [4.69, 9.17) is 14.2 Å². The van der Waals surface area contributed by atoms with Crippen LogP contribution in [0.1, 0.15) is 12.0 Å². The van der Waals surface area contributed by atoms with E-state index in [1.807, 2.05) is 30.3 Å². The van der Waals surface area contributed by atoms with Crippen LogP contribution in [0.5, 0.6) is 11.5 Å². The maximum Gasteiger partial charge on any atom is 0.309 e. The van der Waals surface area contributed by atoms with Crippen LogP contribution in [0, 0.1) is 0 Å². The normalized spacial score (nSPS) is 18.2. The van der Waals surface area contributed by atoms with E-state index in [0.29, 0.717) is 50.7 Å². The van der Waals surface area contributed by atoms with Gasteiger partial charge >= 0.3 is 11.8 Å². The van der Waals surface area contributed by atoms with E-state index < -0.39 is 28.1 Å². The van der Waals surface area contributed by atoms with Gasteiger partial charge in [0.15, 0.2) is 11.5 Å². The molecule has 1 saturated heterocycles. The summed E-state index contributed by atoms with van der Waals surface area (Å²) in [5, 5.41) is 5.04. The van der Waals surface area contributed by atoms with Crippen molar-refractivity contribution in [2.24, 2.45) is 0 Å². The van der Waals surface area contributed by atoms with Gasteiger partial charge in [-0.05, 0) is 30.5 Å². The highest BCUT2D eigenvalue weighted by Crippen LogP contribution is 2.34. The topological polar surface area (TPSA) is 123 Å². The third-order valence-electron chi connectivity index (χ3n) is 5.46. The largest absolute Gasteiger partial charge is 0.486 e. The molecule has 182 valence electrons. The Balaban J connectivity index is 1.34. The first-order chi connectivity index (χ1) is 16.4. The fraction of sp³-hybridized carbons (Fsp3) is 0.391. The lowest BCUT2D eigenvalue weighted by molar-refractivity contribution is -0.140. The van der Waals surface area contributed by atoms with Gasteiger partial charge in [-0.25, -0.2) is 8.42 Å². The first-order valence-corrected chi connectivity index (χ1v) is 12.5. The zero-order valence-electron chi connectivity index (χ0n) is 18.6. The number of ether oxygens (including phenoxy) is 3. The number of fused-ring (bicyclic) bond motifs is 1. The second-order valence-electron chi connectivity index (χ2n) is 7.80. The van der Waals surface area contributed by atoms with Gasteiger partial charge < -0.3 is 24.8 Å². The summed E-state index contributed by atoms with van der Waals surface area (Å²) >= 11 is 0. The molecule has 2 amide bonds. The minimum Gasteiger partial charge on any atom is -0.486 e. The van der Waals surface area contributed by atoms with Crippen molar-refractivity contribution in [3.8, 4) is 11.5 Å². The maximum atomic E-state index is 13.3. The lowest BCUT2D eigenvalue weighted by atomic mass is 10.1. The van der Waals surface area contributed by atoms with Gasteiger partial charge in [-0.1, -0.05) is 30.3 Å². The van der Waals surface area contributed by atoms with Crippen LogP contribution in [-0.4, -0.2) is 70.2 Å². The molecule has 2 N–H and O–H groups in total. The van der Waals surface area contributed by atoms with Crippen LogP contribution in [0.15, 0.2) is 53.4 Å². The van der Waals surface area contributed by atoms with E-state index in [0.717, 1.165) is 5.56 Å². The van der Waals surface area contributed by atoms with Gasteiger partial charge in [-0.3, -0.25) is 9.59 Å². The number of sulfonamides is 1. The Morgan fingerprint density at radius 2 is 1.68 bits per heavy atom. The van der Waals surface area contributed by atoms with E-state index in [-0.39, 0.29) is 18.0 Å². The number of hydrogen-bond donors (Lipinski definition) is 2. The molecule has 2 aliphatic rings. The number of benzene rings is 2. The van der Waals surface area contributed by atoms with E-state index in [9.17, 15) is 18.0 Å². The van der Waals surface area contributed by atoms with E-state index in [1.54, 1.807) is 6.07 Å². The average Bonchev–Trinajstić information content (AvgIpc) is 2.87. The maximum absolute atomic E-state index is 13.3. The predicted octanol–water partition coefficient (Wildman–Crippen LogP) is 0.670. The van der Waals surface area contributed by atoms with Crippen LogP contribution in [-0.2, 0) is 30.8 Å². The zero-order valence-corrected chi connectivity index (χ0v) is 19.4. The van der Waals surface area contributed by atoms with Crippen molar-refractivity contribution in [1.29, 1.82) is 0 Å². The number of carbonyl (C=O) groups is 2. The summed E-state index contributed by atoms with van der Waals surface area (Å²) in [7, 11) is -3.94. The molecule has 0 aromatic heterocycles. The highest BCUT2D eigenvalue weighted by molar-refractivity contribution is 7.89. The summed E-state index contributed by atoms with van der Waals surface area (Å²) in [4.78, 5) is 24.4. The Morgan fingerprint density at radius 1 is 0.941 bits per heavy atom. The summed E-state index contributed by atoms with van der Waals surface area (Å²) in [5.74, 6) is -0.781. The van der Waals surface area contributed by atoms with Crippen LogP contribution >= 0.6 is 0 Å². The van der Waals surface area contributed by atoms with E-state index >= 15 is 0 Å². The standard InChI is InChI=1S/C23H27N3O7S/c27-22(24-10-9-17-5-2-1-3-6-17)23(28)25-16-21-26(11-4-12-33-21)34(29,30)18-7-8-19-20(15-18)32-14-13-31-19/h1-3,5-8,15,21H,4,9-14,16H2,(H,24,27)(H,25,28). The quantitative estimate of drug-likeness (QED) is 0.548. The molecule has 2 aromatic carbocycles. The smallest absolute Gasteiger partial charge is 0.309 e. The third-order valence-corrected chi connectivity index (χ3v) is 7.34. The first-order valence-electron chi connectivity index (χ1n) is 11.1. The van der Waals surface area contributed by atoms with Crippen molar-refractivity contribution in [2.75, 3.05) is 39.5 Å². The SMILES string of the molecule is O=C(NCCc1ccccc1)C(=O)NCC1OCCCN1S(=O)(=O)c1ccc2c(c1)OCCO2. The van der Waals surface area contributed by atoms with Crippen molar-refractivity contribution in [3.05, 3.63) is 54.1 Å². The number of hydrogen-bond acceptors (Lipinski definition) is 7. The van der Waals surface area contributed by atoms with Gasteiger partial charge in [0, 0.05) is 19.2 Å². The summed E-state index contributed by atoms with van der Waals surface area (Å²) in [6, 6.07) is 14.0. The molecule has 0 radical (unpaired) electrons. The highest BCUT2D eigenvalue weighted by atomic mass is 32.2. The molecule has 2 aromatic rings. The molecule has 1 fully saturated rings. The number of nitrogens with one attached hydrogen (secondary N) is 2. The van der Waals surface area contributed by atoms with Crippen LogP contribution in [0.25, 0.3) is 0 Å². The van der Waals surface area contributed by atoms with Crippen LogP contribution in [0.2, 0.25) is 0 Å². The Bertz CT molecular complexity index is 1120. The second-order valence-corrected chi connectivity index (χ2v) is 9.69. The molecule has 1 unspecified atom stereocenters. The predicted molar refractivity (Wildman–Crippen MR) is 122 cm³/mol. The van der Waals surface area contributed by atoms with Gasteiger partial charge in [-0.2, -0.15) is 4.31 Å². The minimum absolute atomic E-state index is 0.0391. The van der Waals surface area contributed by atoms with Gasteiger partial charge in [0.2, 0.25) is 10.0 Å². The van der Waals surface area contributed by atoms with Gasteiger partial charge in [0.1, 0.15) is 19.4 Å². The highest BCUT2D eigenvalue weighted by Gasteiger charge is 2.35. The Kier molecular flexibility index (Phi) is 7.66. The number of rotatable bonds is 7. The lowest BCUT2D eigenvalue weighted by Gasteiger charge is -2.34. The molecule has 0 aliphatic carbocycles. The molecular formula is C23H27N3O7S. The molecule has 2 heterocycles. The molecule has 2 aliphatic heterocycles. The van der Waals surface area contributed by atoms with Crippen LogP contribution < -0.4 is 20.1 Å². The van der Waals surface area contributed by atoms with E-state index in [1.165, 1.54) is 16.4 Å². The fourth-order valence-electron chi connectivity index (χ4n) is 3.73. The van der Waals surface area contributed by atoms with Crippen molar-refractivity contribution in [2.45, 2.75) is 24.0 Å². The zero-order chi connectivity index (χ0) is 24.0. The summed E-state index contributed by atoms with van der Waals surface area (Å²) < 4.78 is 44.4. The lowest BCUT2D eigenvalue weighted by Crippen LogP contribution is -2.53. The Morgan fingerprint density at radius 3 is 2.47 bits per heavy atom. The second kappa shape index (κ2) is 10.9. The van der Waals surface area contributed by atoms with E-state index in [2.05, 4.69) is 10.6 Å². The monoisotopic (exact) mass is 489 g/mol. The molecule has 0 bridgehead atoms. The van der Waals surface area contributed by atoms with Crippen LogP contribution in [0.3, 0.4) is 0 Å². The molecule has 11 heteroatoms. The van der Waals surface area contributed by atoms with Crippen molar-refractivity contribution in [1.82, 2.24) is 14.9 Å². The van der Waals surface area contributed by atoms with Crippen molar-refractivity contribution >= 4 is 21.8 Å². The molecule has 0 saturated carbocycles. The van der Waals surface area contributed by atoms with Crippen LogP contribution in [0.4, 0.5) is 0 Å². The molecule has 4 rings (SSSR count). The number of nitrogens with zero attached hydrogens (tertiary/aromatic N) is 1. The van der Waals surface area contributed by atoms with Gasteiger partial charge in [-0.15, -0.1) is 0 Å². The van der Waals surface area contributed by atoms with Crippen molar-refractivity contribution < 1.29 is 32.2 Å². The average molecular weight is 490 g/mol. The molecular weight excluding hydrogens is 462 g/mol. The molecule has 1 atom stereocenters. The first kappa shape index (κ1) is 24.0. The number of amides is 2. The molecule has 34 heavy (non-hydrogen) atoms. The summed E-state index contributed by atoms with van der Waals surface area (Å²) in [6.45, 7) is 1.46. The Hall–Kier alpha value is -3.15. The summed E-state index contributed by atoms with van der Waals surface area (Å²) in [5.41, 5.74) is 1.04. The van der Waals surface area contributed by atoms with Gasteiger partial charge in [0.05, 0.1) is 18.0 Å². The summed E-state index contributed by atoms with van der Waals surface area (Å²) in [6.07, 6.45) is 0.162.